The normalized spacial score (nSPS) is 12.2. The Morgan fingerprint density at radius 2 is 2.05 bits per heavy atom. The van der Waals surface area contributed by atoms with Gasteiger partial charge in [-0.3, -0.25) is 0 Å². The second-order valence-corrected chi connectivity index (χ2v) is 6.07. The number of halogens is 2. The van der Waals surface area contributed by atoms with E-state index in [4.69, 9.17) is 10.5 Å². The highest BCUT2D eigenvalue weighted by Crippen LogP contribution is 2.18. The van der Waals surface area contributed by atoms with Gasteiger partial charge in [-0.2, -0.15) is 0 Å². The van der Waals surface area contributed by atoms with Gasteiger partial charge in [-0.25, -0.2) is 4.39 Å². The molecule has 0 fully saturated rings. The molecule has 2 rings (SSSR count). The van der Waals surface area contributed by atoms with Crippen molar-refractivity contribution in [2.45, 2.75) is 25.8 Å². The van der Waals surface area contributed by atoms with Crippen molar-refractivity contribution in [2.75, 3.05) is 6.61 Å². The first-order valence-corrected chi connectivity index (χ1v) is 7.73. The zero-order valence-corrected chi connectivity index (χ0v) is 13.6. The van der Waals surface area contributed by atoms with E-state index in [0.717, 1.165) is 15.8 Å². The number of hydrogen-bond donors (Lipinski definition) is 1. The molecule has 0 heterocycles. The highest BCUT2D eigenvalue weighted by Gasteiger charge is 2.09. The molecule has 0 aliphatic carbocycles. The lowest BCUT2D eigenvalue weighted by molar-refractivity contribution is 0.296. The van der Waals surface area contributed by atoms with Crippen molar-refractivity contribution >= 4 is 15.9 Å². The van der Waals surface area contributed by atoms with Crippen molar-refractivity contribution in [1.82, 2.24) is 0 Å². The molecule has 4 heteroatoms. The van der Waals surface area contributed by atoms with Gasteiger partial charge in [0.05, 0.1) is 6.61 Å². The molecule has 2 aromatic carbocycles. The summed E-state index contributed by atoms with van der Waals surface area (Å²) in [5, 5.41) is 0. The van der Waals surface area contributed by atoms with E-state index >= 15 is 0 Å². The lowest BCUT2D eigenvalue weighted by atomic mass is 10.0. The van der Waals surface area contributed by atoms with Gasteiger partial charge in [0, 0.05) is 10.5 Å². The Morgan fingerprint density at radius 3 is 2.81 bits per heavy atom. The van der Waals surface area contributed by atoms with Crippen LogP contribution >= 0.6 is 15.9 Å². The molecule has 2 nitrogen and oxygen atoms in total. The fourth-order valence-corrected chi connectivity index (χ4v) is 2.53. The molecule has 0 saturated carbocycles. The van der Waals surface area contributed by atoms with Crippen LogP contribution in [0.4, 0.5) is 4.39 Å². The summed E-state index contributed by atoms with van der Waals surface area (Å²) in [4.78, 5) is 0. The maximum Gasteiger partial charge on any atom is 0.126 e. The van der Waals surface area contributed by atoms with Crippen LogP contribution in [0.15, 0.2) is 46.9 Å². The second-order valence-electron chi connectivity index (χ2n) is 5.15. The van der Waals surface area contributed by atoms with Crippen molar-refractivity contribution in [3.63, 3.8) is 0 Å². The third-order valence-corrected chi connectivity index (χ3v) is 3.73. The molecule has 0 amide bonds. The van der Waals surface area contributed by atoms with E-state index in [0.29, 0.717) is 25.0 Å². The Hall–Kier alpha value is -1.39. The van der Waals surface area contributed by atoms with E-state index in [-0.39, 0.29) is 11.9 Å². The molecule has 0 aliphatic rings. The minimum Gasteiger partial charge on any atom is -0.494 e. The van der Waals surface area contributed by atoms with Crippen molar-refractivity contribution in [1.29, 1.82) is 0 Å². The predicted molar refractivity (Wildman–Crippen MR) is 87.1 cm³/mol. The summed E-state index contributed by atoms with van der Waals surface area (Å²) < 4.78 is 20.2. The number of benzene rings is 2. The molecule has 1 atom stereocenters. The average molecular weight is 352 g/mol. The second kappa shape index (κ2) is 7.57. The van der Waals surface area contributed by atoms with Crippen LogP contribution in [0.25, 0.3) is 0 Å². The van der Waals surface area contributed by atoms with Gasteiger partial charge >= 0.3 is 0 Å². The van der Waals surface area contributed by atoms with Crippen LogP contribution in [0.5, 0.6) is 5.75 Å². The molecule has 0 aromatic heterocycles. The van der Waals surface area contributed by atoms with Crippen molar-refractivity contribution in [3.8, 4) is 5.75 Å². The zero-order valence-electron chi connectivity index (χ0n) is 12.0. The smallest absolute Gasteiger partial charge is 0.126 e. The van der Waals surface area contributed by atoms with Crippen LogP contribution in [0.3, 0.4) is 0 Å². The van der Waals surface area contributed by atoms with Gasteiger partial charge in [-0.15, -0.1) is 0 Å². The number of rotatable bonds is 6. The van der Waals surface area contributed by atoms with Crippen LogP contribution in [0.2, 0.25) is 0 Å². The van der Waals surface area contributed by atoms with Crippen LogP contribution in [-0.2, 0) is 6.42 Å². The Kier molecular flexibility index (Phi) is 5.76. The van der Waals surface area contributed by atoms with Crippen molar-refractivity contribution < 1.29 is 9.13 Å². The molecule has 0 bridgehead atoms. The minimum absolute atomic E-state index is 0.126. The van der Waals surface area contributed by atoms with Crippen molar-refractivity contribution in [3.05, 3.63) is 63.9 Å². The van der Waals surface area contributed by atoms with E-state index in [2.05, 4.69) is 15.9 Å². The molecule has 2 N–H and O–H groups in total. The fourth-order valence-electron chi connectivity index (χ4n) is 2.12. The maximum absolute atomic E-state index is 13.7. The van der Waals surface area contributed by atoms with E-state index in [1.165, 1.54) is 6.07 Å². The third kappa shape index (κ3) is 5.14. The summed E-state index contributed by atoms with van der Waals surface area (Å²) in [6.45, 7) is 2.55. The summed E-state index contributed by atoms with van der Waals surface area (Å²) in [6.07, 6.45) is 1.18. The van der Waals surface area contributed by atoms with E-state index in [1.807, 2.05) is 31.2 Å². The van der Waals surface area contributed by atoms with Crippen LogP contribution in [0.1, 0.15) is 17.5 Å². The van der Waals surface area contributed by atoms with E-state index < -0.39 is 0 Å². The van der Waals surface area contributed by atoms with Crippen LogP contribution in [0, 0.1) is 12.7 Å². The first-order chi connectivity index (χ1) is 10.0. The first kappa shape index (κ1) is 16.0. The molecular formula is C17H19BrFNO. The van der Waals surface area contributed by atoms with Crippen LogP contribution in [-0.4, -0.2) is 12.6 Å². The third-order valence-electron chi connectivity index (χ3n) is 3.24. The summed E-state index contributed by atoms with van der Waals surface area (Å²) >= 11 is 3.34. The Bertz CT molecular complexity index is 603. The lowest BCUT2D eigenvalue weighted by Gasteiger charge is -2.13. The van der Waals surface area contributed by atoms with Gasteiger partial charge in [0.1, 0.15) is 11.6 Å². The molecule has 21 heavy (non-hydrogen) atoms. The number of nitrogens with two attached hydrogens (primary N) is 1. The molecule has 0 radical (unpaired) electrons. The molecule has 112 valence electrons. The quantitative estimate of drug-likeness (QED) is 0.844. The Labute approximate surface area is 133 Å². The summed E-state index contributed by atoms with van der Waals surface area (Å²) in [7, 11) is 0. The molecule has 1 unspecified atom stereocenters. The fraction of sp³-hybridized carbons (Fsp3) is 0.294. The highest BCUT2D eigenvalue weighted by molar-refractivity contribution is 9.10. The Balaban J connectivity index is 1.82. The molecule has 0 saturated heterocycles. The highest BCUT2D eigenvalue weighted by atomic mass is 79.9. The molecular weight excluding hydrogens is 333 g/mol. The lowest BCUT2D eigenvalue weighted by Crippen LogP contribution is -2.25. The number of ether oxygens (including phenoxy) is 1. The SMILES string of the molecule is Cc1cccc(OCCC(N)Cc2cc(Br)ccc2F)c1. The minimum atomic E-state index is -0.215. The Morgan fingerprint density at radius 1 is 1.24 bits per heavy atom. The van der Waals surface area contributed by atoms with Gasteiger partial charge in [0.25, 0.3) is 0 Å². The monoisotopic (exact) mass is 351 g/mol. The van der Waals surface area contributed by atoms with Crippen LogP contribution < -0.4 is 10.5 Å². The van der Waals surface area contributed by atoms with Gasteiger partial charge in [0.2, 0.25) is 0 Å². The summed E-state index contributed by atoms with van der Waals surface area (Å²) in [6, 6.07) is 12.7. The van der Waals surface area contributed by atoms with Gasteiger partial charge in [0.15, 0.2) is 0 Å². The molecule has 2 aromatic rings. The topological polar surface area (TPSA) is 35.2 Å². The van der Waals surface area contributed by atoms with E-state index in [9.17, 15) is 4.39 Å². The summed E-state index contributed by atoms with van der Waals surface area (Å²) in [5.74, 6) is 0.629. The molecule has 0 spiro atoms. The largest absolute Gasteiger partial charge is 0.494 e. The van der Waals surface area contributed by atoms with E-state index in [1.54, 1.807) is 12.1 Å². The predicted octanol–water partition coefficient (Wildman–Crippen LogP) is 4.24. The maximum atomic E-state index is 13.7. The zero-order chi connectivity index (χ0) is 15.2. The average Bonchev–Trinajstić information content (AvgIpc) is 2.43. The molecule has 0 aliphatic heterocycles. The number of hydrogen-bond acceptors (Lipinski definition) is 2. The summed E-state index contributed by atoms with van der Waals surface area (Å²) in [5.41, 5.74) is 7.85. The van der Waals surface area contributed by atoms with Gasteiger partial charge in [-0.05, 0) is 61.2 Å². The standard InChI is InChI=1S/C17H19BrFNO/c1-12-3-2-4-16(9-12)21-8-7-15(20)11-13-10-14(18)5-6-17(13)19/h2-6,9-10,15H,7-8,11,20H2,1H3. The first-order valence-electron chi connectivity index (χ1n) is 6.93. The van der Waals surface area contributed by atoms with Gasteiger partial charge < -0.3 is 10.5 Å². The van der Waals surface area contributed by atoms with Gasteiger partial charge in [-0.1, -0.05) is 28.1 Å². The van der Waals surface area contributed by atoms with Crippen molar-refractivity contribution in [2.24, 2.45) is 5.73 Å². The number of aryl methyl sites for hydroxylation is 1.